The Morgan fingerprint density at radius 3 is 2.00 bits per heavy atom. The van der Waals surface area contributed by atoms with Crippen LogP contribution in [-0.2, 0) is 4.74 Å². The molecule has 0 aliphatic heterocycles. The van der Waals surface area contributed by atoms with Crippen molar-refractivity contribution in [2.75, 3.05) is 20.3 Å². The Hall–Kier alpha value is -1.82. The van der Waals surface area contributed by atoms with Crippen LogP contribution in [-0.4, -0.2) is 38.6 Å². The second-order valence-electron chi connectivity index (χ2n) is 5.03. The van der Waals surface area contributed by atoms with Gasteiger partial charge in [0, 0.05) is 13.7 Å². The van der Waals surface area contributed by atoms with Gasteiger partial charge in [-0.15, -0.1) is 0 Å². The van der Waals surface area contributed by atoms with Gasteiger partial charge in [0.1, 0.15) is 5.75 Å². The van der Waals surface area contributed by atoms with E-state index in [1.807, 2.05) is 30.3 Å². The Labute approximate surface area is 139 Å². The van der Waals surface area contributed by atoms with Crippen molar-refractivity contribution in [2.24, 2.45) is 0 Å². The summed E-state index contributed by atoms with van der Waals surface area (Å²) in [4.78, 5) is 0. The van der Waals surface area contributed by atoms with E-state index in [4.69, 9.17) is 9.47 Å². The van der Waals surface area contributed by atoms with Crippen LogP contribution in [0.3, 0.4) is 0 Å². The summed E-state index contributed by atoms with van der Waals surface area (Å²) in [6.45, 7) is 1.61. The number of unbranched alkanes of at least 4 members (excludes halogenated alkanes) is 2. The Morgan fingerprint density at radius 2 is 1.35 bits per heavy atom. The first kappa shape index (κ1) is 21.2. The van der Waals surface area contributed by atoms with Gasteiger partial charge in [-0.3, -0.25) is 0 Å². The molecule has 2 aromatic rings. The van der Waals surface area contributed by atoms with Crippen molar-refractivity contribution < 1.29 is 20.4 Å². The Bertz CT molecular complexity index is 502. The average molecular weight is 317 g/mol. The third kappa shape index (κ3) is 8.40. The van der Waals surface area contributed by atoms with Crippen LogP contribution in [0.5, 0.6) is 5.75 Å². The number of ether oxygens (including phenoxy) is 2. The topological polar surface area (TPSA) is 81.5 Å². The average Bonchev–Trinajstić information content (AvgIpc) is 2.53. The molecule has 0 aliphatic carbocycles. The molecule has 0 heterocycles. The summed E-state index contributed by atoms with van der Waals surface area (Å²) in [5.74, 6) is 0.937. The fourth-order valence-corrected chi connectivity index (χ4v) is 2.12. The molecule has 0 aromatic heterocycles. The molecule has 0 atom stereocenters. The van der Waals surface area contributed by atoms with E-state index in [9.17, 15) is 0 Å². The van der Waals surface area contributed by atoms with Crippen LogP contribution in [0.1, 0.15) is 19.3 Å². The van der Waals surface area contributed by atoms with E-state index in [2.05, 4.69) is 31.5 Å². The van der Waals surface area contributed by atoms with Gasteiger partial charge < -0.3 is 20.4 Å². The van der Waals surface area contributed by atoms with Crippen molar-refractivity contribution in [1.82, 2.24) is 0 Å². The first-order valence-corrected chi connectivity index (χ1v) is 7.50. The molecular weight excluding hydrogens is 291 g/mol. The maximum atomic E-state index is 5.74. The van der Waals surface area contributed by atoms with Crippen molar-refractivity contribution in [3.05, 3.63) is 54.6 Å². The lowest BCUT2D eigenvalue weighted by Crippen LogP contribution is -2.26. The van der Waals surface area contributed by atoms with Crippen molar-refractivity contribution in [3.63, 3.8) is 0 Å². The minimum absolute atomic E-state index is 0. The van der Waals surface area contributed by atoms with Crippen LogP contribution in [0, 0.1) is 0 Å². The minimum Gasteiger partial charge on any atom is -0.494 e. The molecule has 0 unspecified atom stereocenters. The third-order valence-electron chi connectivity index (χ3n) is 3.27. The molecule has 0 saturated heterocycles. The van der Waals surface area contributed by atoms with Gasteiger partial charge in [0.2, 0.25) is 0 Å². The highest BCUT2D eigenvalue weighted by Gasteiger charge is 1.99. The molecule has 2 rings (SSSR count). The molecule has 1 radical (unpaired) electrons. The van der Waals surface area contributed by atoms with E-state index in [1.54, 1.807) is 7.11 Å². The van der Waals surface area contributed by atoms with Gasteiger partial charge in [-0.1, -0.05) is 53.4 Å². The zero-order valence-electron chi connectivity index (χ0n) is 13.6. The van der Waals surface area contributed by atoms with E-state index < -0.39 is 0 Å². The van der Waals surface area contributed by atoms with E-state index in [0.717, 1.165) is 38.2 Å². The normalized spacial score (nSPS) is 9.43. The quantitative estimate of drug-likeness (QED) is 0.508. The second-order valence-corrected chi connectivity index (χ2v) is 5.03. The Balaban J connectivity index is 0.00000242. The van der Waals surface area contributed by atoms with Crippen LogP contribution in [0.4, 0.5) is 0 Å². The highest BCUT2D eigenvalue weighted by Crippen LogP contribution is 2.08. The summed E-state index contributed by atoms with van der Waals surface area (Å²) in [6, 6.07) is 18.6. The van der Waals surface area contributed by atoms with Crippen LogP contribution >= 0.6 is 0 Å². The van der Waals surface area contributed by atoms with Crippen LogP contribution in [0.15, 0.2) is 54.6 Å². The number of hydrogen-bond donors (Lipinski definition) is 0. The molecule has 5 heteroatoms. The maximum absolute atomic E-state index is 5.74. The monoisotopic (exact) mass is 317 g/mol. The third-order valence-corrected chi connectivity index (χ3v) is 3.27. The number of benzene rings is 2. The summed E-state index contributed by atoms with van der Waals surface area (Å²) in [5, 5.41) is 0. The highest BCUT2D eigenvalue weighted by molar-refractivity contribution is 6.67. The van der Waals surface area contributed by atoms with Gasteiger partial charge in [-0.2, -0.15) is 0 Å². The van der Waals surface area contributed by atoms with E-state index in [1.165, 1.54) is 10.9 Å². The SMILES string of the molecule is COCCCCCOc1ccc([B]c2ccccc2)cc1.O.O. The number of hydrogen-bond acceptors (Lipinski definition) is 2. The van der Waals surface area contributed by atoms with Gasteiger partial charge in [-0.25, -0.2) is 0 Å². The maximum Gasteiger partial charge on any atom is 0.191 e. The zero-order chi connectivity index (χ0) is 14.8. The standard InChI is InChI=1S/C18H22BO2.2H2O/c1-20-14-6-3-7-15-21-18-12-10-17(11-13-18)19-16-8-4-2-5-9-16;;/h2,4-5,8-13H,3,6-7,14-15H2,1H3;2*1H2. The second kappa shape index (κ2) is 12.7. The first-order valence-electron chi connectivity index (χ1n) is 7.50. The summed E-state index contributed by atoms with van der Waals surface area (Å²) in [6.07, 6.45) is 3.32. The molecule has 4 nitrogen and oxygen atoms in total. The predicted molar refractivity (Wildman–Crippen MR) is 96.4 cm³/mol. The lowest BCUT2D eigenvalue weighted by molar-refractivity contribution is 0.189. The highest BCUT2D eigenvalue weighted by atomic mass is 16.5. The van der Waals surface area contributed by atoms with E-state index in [0.29, 0.717) is 0 Å². The van der Waals surface area contributed by atoms with Crippen LogP contribution in [0.2, 0.25) is 0 Å². The van der Waals surface area contributed by atoms with E-state index >= 15 is 0 Å². The molecule has 0 amide bonds. The lowest BCUT2D eigenvalue weighted by atomic mass is 9.64. The molecule has 0 aliphatic rings. The van der Waals surface area contributed by atoms with Crippen LogP contribution in [0.25, 0.3) is 0 Å². The summed E-state index contributed by atoms with van der Waals surface area (Å²) < 4.78 is 10.8. The molecule has 125 valence electrons. The number of methoxy groups -OCH3 is 1. The smallest absolute Gasteiger partial charge is 0.191 e. The molecule has 0 spiro atoms. The zero-order valence-corrected chi connectivity index (χ0v) is 13.6. The van der Waals surface area contributed by atoms with Gasteiger partial charge >= 0.3 is 0 Å². The van der Waals surface area contributed by atoms with Gasteiger partial charge in [0.05, 0.1) is 6.61 Å². The molecule has 0 fully saturated rings. The van der Waals surface area contributed by atoms with Crippen molar-refractivity contribution in [2.45, 2.75) is 19.3 Å². The molecule has 23 heavy (non-hydrogen) atoms. The first-order chi connectivity index (χ1) is 10.4. The Kier molecular flexibility index (Phi) is 11.7. The Morgan fingerprint density at radius 1 is 0.739 bits per heavy atom. The molecule has 0 saturated carbocycles. The number of rotatable bonds is 9. The minimum atomic E-state index is 0. The van der Waals surface area contributed by atoms with Crippen molar-refractivity contribution in [3.8, 4) is 5.75 Å². The van der Waals surface area contributed by atoms with Crippen LogP contribution < -0.4 is 15.7 Å². The van der Waals surface area contributed by atoms with Crippen molar-refractivity contribution >= 4 is 18.2 Å². The predicted octanol–water partition coefficient (Wildman–Crippen LogP) is 0.888. The molecule has 4 N–H and O–H groups in total. The van der Waals surface area contributed by atoms with Gasteiger partial charge in [0.15, 0.2) is 7.28 Å². The summed E-state index contributed by atoms with van der Waals surface area (Å²) in [5.41, 5.74) is 2.40. The largest absolute Gasteiger partial charge is 0.494 e. The fourth-order valence-electron chi connectivity index (χ4n) is 2.12. The molecule has 2 aromatic carbocycles. The van der Waals surface area contributed by atoms with Crippen molar-refractivity contribution in [1.29, 1.82) is 0 Å². The fraction of sp³-hybridized carbons (Fsp3) is 0.333. The van der Waals surface area contributed by atoms with Gasteiger partial charge in [0.25, 0.3) is 0 Å². The van der Waals surface area contributed by atoms with Gasteiger partial charge in [-0.05, 0) is 31.4 Å². The summed E-state index contributed by atoms with van der Waals surface area (Å²) in [7, 11) is 3.90. The molecule has 0 bridgehead atoms. The van der Waals surface area contributed by atoms with E-state index in [-0.39, 0.29) is 11.0 Å². The summed E-state index contributed by atoms with van der Waals surface area (Å²) >= 11 is 0. The lowest BCUT2D eigenvalue weighted by Gasteiger charge is -2.07. The molecular formula is C18H26BO4.